The molecule has 21 heavy (non-hydrogen) atoms. The van der Waals surface area contributed by atoms with Crippen LogP contribution in [0.25, 0.3) is 0 Å². The van der Waals surface area contributed by atoms with Crippen LogP contribution in [0.3, 0.4) is 0 Å². The molecule has 116 valence electrons. The molecule has 1 heterocycles. The van der Waals surface area contributed by atoms with Gasteiger partial charge in [0.1, 0.15) is 0 Å². The second-order valence-electron chi connectivity index (χ2n) is 5.19. The molecule has 0 aliphatic carbocycles. The maximum absolute atomic E-state index is 12.1. The van der Waals surface area contributed by atoms with Crippen molar-refractivity contribution in [2.75, 3.05) is 39.2 Å². The fraction of sp³-hybridized carbons (Fsp3) is 0.562. The van der Waals surface area contributed by atoms with Gasteiger partial charge >= 0.3 is 0 Å². The average Bonchev–Trinajstić information content (AvgIpc) is 2.55. The number of hydrogen-bond donors (Lipinski definition) is 1. The van der Waals surface area contributed by atoms with E-state index in [9.17, 15) is 4.79 Å². The Labute approximate surface area is 126 Å². The van der Waals surface area contributed by atoms with Crippen molar-refractivity contribution in [1.29, 1.82) is 0 Å². The van der Waals surface area contributed by atoms with Crippen molar-refractivity contribution in [2.45, 2.75) is 25.7 Å². The van der Waals surface area contributed by atoms with Crippen molar-refractivity contribution in [3.63, 3.8) is 0 Å². The number of nitrogens with one attached hydrogen (secondary N) is 1. The van der Waals surface area contributed by atoms with Gasteiger partial charge in [-0.2, -0.15) is 0 Å². The average molecular weight is 292 g/mol. The largest absolute Gasteiger partial charge is 0.493 e. The molecular formula is C16H24N2O3. The van der Waals surface area contributed by atoms with E-state index in [1.807, 2.05) is 23.1 Å². The van der Waals surface area contributed by atoms with Gasteiger partial charge < -0.3 is 19.7 Å². The molecule has 0 radical (unpaired) electrons. The van der Waals surface area contributed by atoms with Gasteiger partial charge in [0.2, 0.25) is 5.91 Å². The monoisotopic (exact) mass is 292 g/mol. The van der Waals surface area contributed by atoms with E-state index in [0.717, 1.165) is 31.6 Å². The molecule has 1 aromatic carbocycles. The molecule has 1 fully saturated rings. The summed E-state index contributed by atoms with van der Waals surface area (Å²) in [6.45, 7) is 2.45. The van der Waals surface area contributed by atoms with Gasteiger partial charge in [-0.3, -0.25) is 4.79 Å². The molecule has 0 unspecified atom stereocenters. The molecule has 1 aliphatic rings. The minimum Gasteiger partial charge on any atom is -0.493 e. The van der Waals surface area contributed by atoms with E-state index >= 15 is 0 Å². The van der Waals surface area contributed by atoms with E-state index in [1.165, 1.54) is 6.42 Å². The van der Waals surface area contributed by atoms with Crippen LogP contribution in [0.15, 0.2) is 18.2 Å². The Balaban J connectivity index is 1.81. The first-order valence-electron chi connectivity index (χ1n) is 7.48. The van der Waals surface area contributed by atoms with Crippen molar-refractivity contribution in [2.24, 2.45) is 0 Å². The predicted octanol–water partition coefficient (Wildman–Crippen LogP) is 2.52. The van der Waals surface area contributed by atoms with Crippen molar-refractivity contribution in [3.05, 3.63) is 18.2 Å². The molecule has 1 N–H and O–H groups in total. The molecule has 1 saturated heterocycles. The molecule has 0 aromatic heterocycles. The fourth-order valence-electron chi connectivity index (χ4n) is 2.56. The zero-order valence-corrected chi connectivity index (χ0v) is 12.9. The number of rotatable bonds is 6. The lowest BCUT2D eigenvalue weighted by Gasteiger charge is -2.26. The number of hydrogen-bond acceptors (Lipinski definition) is 4. The zero-order valence-electron chi connectivity index (χ0n) is 12.9. The second-order valence-corrected chi connectivity index (χ2v) is 5.19. The highest BCUT2D eigenvalue weighted by Gasteiger charge is 2.15. The Morgan fingerprint density at radius 1 is 1.14 bits per heavy atom. The zero-order chi connectivity index (χ0) is 15.1. The first kappa shape index (κ1) is 15.5. The van der Waals surface area contributed by atoms with E-state index in [2.05, 4.69) is 5.32 Å². The van der Waals surface area contributed by atoms with Crippen LogP contribution in [-0.2, 0) is 4.79 Å². The summed E-state index contributed by atoms with van der Waals surface area (Å²) >= 11 is 0. The van der Waals surface area contributed by atoms with Crippen LogP contribution >= 0.6 is 0 Å². The molecule has 1 amide bonds. The summed E-state index contributed by atoms with van der Waals surface area (Å²) in [6.07, 6.45) is 4.03. The minimum atomic E-state index is 0.239. The van der Waals surface area contributed by atoms with Crippen molar-refractivity contribution >= 4 is 11.6 Å². The van der Waals surface area contributed by atoms with Crippen LogP contribution in [0, 0.1) is 0 Å². The Morgan fingerprint density at radius 2 is 1.86 bits per heavy atom. The smallest absolute Gasteiger partial charge is 0.224 e. The second kappa shape index (κ2) is 7.76. The number of amides is 1. The van der Waals surface area contributed by atoms with E-state index in [0.29, 0.717) is 24.5 Å². The Hall–Kier alpha value is -1.91. The van der Waals surface area contributed by atoms with Crippen LogP contribution in [0.4, 0.5) is 5.69 Å². The van der Waals surface area contributed by atoms with Gasteiger partial charge in [0, 0.05) is 37.8 Å². The van der Waals surface area contributed by atoms with E-state index in [4.69, 9.17) is 9.47 Å². The number of ether oxygens (including phenoxy) is 2. The Morgan fingerprint density at radius 3 is 2.52 bits per heavy atom. The van der Waals surface area contributed by atoms with Crippen molar-refractivity contribution in [3.8, 4) is 11.5 Å². The quantitative estimate of drug-likeness (QED) is 0.875. The third kappa shape index (κ3) is 4.28. The lowest BCUT2D eigenvalue weighted by molar-refractivity contribution is -0.131. The summed E-state index contributed by atoms with van der Waals surface area (Å²) in [4.78, 5) is 14.0. The summed E-state index contributed by atoms with van der Waals surface area (Å²) in [5.74, 6) is 1.62. The summed E-state index contributed by atoms with van der Waals surface area (Å²) in [7, 11) is 3.23. The molecule has 2 rings (SSSR count). The van der Waals surface area contributed by atoms with Gasteiger partial charge in [0.25, 0.3) is 0 Å². The molecule has 0 spiro atoms. The lowest BCUT2D eigenvalue weighted by Crippen LogP contribution is -2.36. The number of carbonyl (C=O) groups excluding carboxylic acids is 1. The van der Waals surface area contributed by atoms with E-state index in [-0.39, 0.29) is 5.91 Å². The number of methoxy groups -OCH3 is 2. The first-order chi connectivity index (χ1) is 10.2. The lowest BCUT2D eigenvalue weighted by atomic mass is 10.1. The van der Waals surface area contributed by atoms with Crippen LogP contribution in [0.2, 0.25) is 0 Å². The topological polar surface area (TPSA) is 50.8 Å². The van der Waals surface area contributed by atoms with Crippen molar-refractivity contribution in [1.82, 2.24) is 4.90 Å². The number of anilines is 1. The van der Waals surface area contributed by atoms with E-state index in [1.54, 1.807) is 14.2 Å². The third-order valence-corrected chi connectivity index (χ3v) is 3.76. The van der Waals surface area contributed by atoms with Crippen LogP contribution < -0.4 is 14.8 Å². The molecule has 1 aromatic rings. The van der Waals surface area contributed by atoms with Gasteiger partial charge in [-0.15, -0.1) is 0 Å². The van der Waals surface area contributed by atoms with Crippen molar-refractivity contribution < 1.29 is 14.3 Å². The summed E-state index contributed by atoms with van der Waals surface area (Å²) < 4.78 is 10.5. The fourth-order valence-corrected chi connectivity index (χ4v) is 2.56. The highest BCUT2D eigenvalue weighted by molar-refractivity contribution is 5.76. The number of benzene rings is 1. The van der Waals surface area contributed by atoms with Gasteiger partial charge in [-0.25, -0.2) is 0 Å². The van der Waals surface area contributed by atoms with Gasteiger partial charge in [0.15, 0.2) is 11.5 Å². The SMILES string of the molecule is COc1ccc(NCCC(=O)N2CCCCC2)cc1OC. The molecule has 0 saturated carbocycles. The Bertz CT molecular complexity index is 471. The first-order valence-corrected chi connectivity index (χ1v) is 7.48. The van der Waals surface area contributed by atoms with Crippen LogP contribution in [-0.4, -0.2) is 44.7 Å². The number of likely N-dealkylation sites (tertiary alicyclic amines) is 1. The number of carbonyl (C=O) groups is 1. The highest BCUT2D eigenvalue weighted by Crippen LogP contribution is 2.29. The number of piperidine rings is 1. The van der Waals surface area contributed by atoms with Gasteiger partial charge in [0.05, 0.1) is 14.2 Å². The molecule has 5 nitrogen and oxygen atoms in total. The van der Waals surface area contributed by atoms with E-state index < -0.39 is 0 Å². The molecule has 5 heteroatoms. The van der Waals surface area contributed by atoms with Crippen LogP contribution in [0.5, 0.6) is 11.5 Å². The predicted molar refractivity (Wildman–Crippen MR) is 83.1 cm³/mol. The summed E-state index contributed by atoms with van der Waals surface area (Å²) in [5.41, 5.74) is 0.930. The molecule has 0 bridgehead atoms. The van der Waals surface area contributed by atoms with Crippen LogP contribution in [0.1, 0.15) is 25.7 Å². The maximum atomic E-state index is 12.1. The normalized spacial score (nSPS) is 14.7. The molecular weight excluding hydrogens is 268 g/mol. The molecule has 0 atom stereocenters. The summed E-state index contributed by atoms with van der Waals surface area (Å²) in [6, 6.07) is 5.66. The number of nitrogens with zero attached hydrogens (tertiary/aromatic N) is 1. The summed E-state index contributed by atoms with van der Waals surface area (Å²) in [5, 5.41) is 3.26. The highest BCUT2D eigenvalue weighted by atomic mass is 16.5. The molecule has 1 aliphatic heterocycles. The standard InChI is InChI=1S/C16H24N2O3/c1-20-14-7-6-13(12-15(14)21-2)17-9-8-16(19)18-10-4-3-5-11-18/h6-7,12,17H,3-5,8-11H2,1-2H3. The minimum absolute atomic E-state index is 0.239. The maximum Gasteiger partial charge on any atom is 0.224 e. The third-order valence-electron chi connectivity index (χ3n) is 3.76. The Kier molecular flexibility index (Phi) is 5.72. The van der Waals surface area contributed by atoms with Gasteiger partial charge in [-0.05, 0) is 31.4 Å². The van der Waals surface area contributed by atoms with Gasteiger partial charge in [-0.1, -0.05) is 0 Å².